The molecule has 116 valence electrons. The third-order valence-electron chi connectivity index (χ3n) is 3.05. The van der Waals surface area contributed by atoms with E-state index < -0.39 is 31.3 Å². The van der Waals surface area contributed by atoms with Crippen LogP contribution in [0.2, 0.25) is 0 Å². The highest BCUT2D eigenvalue weighted by molar-refractivity contribution is 7.99. The molecule has 0 radical (unpaired) electrons. The number of carbonyl (C=O) groups is 2. The van der Waals surface area contributed by atoms with Gasteiger partial charge in [0.1, 0.15) is 13.1 Å². The summed E-state index contributed by atoms with van der Waals surface area (Å²) in [6.45, 7) is -2.54. The zero-order valence-electron chi connectivity index (χ0n) is 10.9. The van der Waals surface area contributed by atoms with E-state index in [2.05, 4.69) is 5.32 Å². The van der Waals surface area contributed by atoms with E-state index in [1.165, 1.54) is 0 Å². The number of alkyl halides is 3. The maximum absolute atomic E-state index is 12.4. The lowest BCUT2D eigenvalue weighted by Gasteiger charge is -2.26. The number of hydrogen-bond donors (Lipinski definition) is 2. The highest BCUT2D eigenvalue weighted by Crippen LogP contribution is 2.28. The van der Waals surface area contributed by atoms with Gasteiger partial charge in [-0.15, -0.1) is 0 Å². The molecule has 2 unspecified atom stereocenters. The van der Waals surface area contributed by atoms with Crippen LogP contribution in [0.4, 0.5) is 18.0 Å². The quantitative estimate of drug-likeness (QED) is 0.813. The molecule has 1 aliphatic carbocycles. The number of thioether (sulfide) groups is 1. The molecule has 1 fully saturated rings. The molecule has 0 saturated heterocycles. The second-order valence-electron chi connectivity index (χ2n) is 4.63. The summed E-state index contributed by atoms with van der Waals surface area (Å²) in [4.78, 5) is 22.7. The second-order valence-corrected chi connectivity index (χ2v) is 5.70. The van der Waals surface area contributed by atoms with E-state index in [9.17, 15) is 22.8 Å². The van der Waals surface area contributed by atoms with Crippen molar-refractivity contribution in [2.45, 2.75) is 36.7 Å². The van der Waals surface area contributed by atoms with Crippen LogP contribution in [0.5, 0.6) is 0 Å². The van der Waals surface area contributed by atoms with Crippen molar-refractivity contribution in [3.8, 4) is 0 Å². The normalized spacial score (nSPS) is 22.6. The molecule has 2 amide bonds. The topological polar surface area (TPSA) is 69.6 Å². The molecule has 0 aromatic carbocycles. The molecule has 1 saturated carbocycles. The van der Waals surface area contributed by atoms with Crippen molar-refractivity contribution in [2.75, 3.05) is 19.3 Å². The van der Waals surface area contributed by atoms with Gasteiger partial charge in [0.2, 0.25) is 0 Å². The average molecular weight is 314 g/mol. The lowest BCUT2D eigenvalue weighted by molar-refractivity contribution is -0.149. The molecule has 0 aromatic heterocycles. The Kier molecular flexibility index (Phi) is 5.97. The number of aliphatic carboxylic acids is 1. The molecule has 0 heterocycles. The van der Waals surface area contributed by atoms with Gasteiger partial charge in [-0.2, -0.15) is 24.9 Å². The molecule has 1 aliphatic rings. The Morgan fingerprint density at radius 3 is 2.55 bits per heavy atom. The standard InChI is InChI=1S/C11H17F3N2O3S/c1-20-8-4-2-3-7(8)15-10(19)16(5-9(17)18)6-11(12,13)14/h7-8H,2-6H2,1H3,(H,15,19)(H,17,18). The summed E-state index contributed by atoms with van der Waals surface area (Å²) in [7, 11) is 0. The summed E-state index contributed by atoms with van der Waals surface area (Å²) < 4.78 is 37.1. The van der Waals surface area contributed by atoms with Crippen LogP contribution >= 0.6 is 11.8 Å². The van der Waals surface area contributed by atoms with Gasteiger partial charge in [-0.3, -0.25) is 4.79 Å². The summed E-state index contributed by atoms with van der Waals surface area (Å²) in [6, 6.07) is -1.18. The average Bonchev–Trinajstić information content (AvgIpc) is 2.72. The van der Waals surface area contributed by atoms with Gasteiger partial charge < -0.3 is 15.3 Å². The van der Waals surface area contributed by atoms with Gasteiger partial charge in [0.15, 0.2) is 0 Å². The number of carboxylic acid groups (broad SMARTS) is 1. The molecule has 0 spiro atoms. The van der Waals surface area contributed by atoms with E-state index >= 15 is 0 Å². The Labute approximate surface area is 118 Å². The van der Waals surface area contributed by atoms with E-state index in [1.807, 2.05) is 6.26 Å². The van der Waals surface area contributed by atoms with Crippen LogP contribution in [-0.4, -0.2) is 58.8 Å². The van der Waals surface area contributed by atoms with E-state index in [1.54, 1.807) is 11.8 Å². The molecular weight excluding hydrogens is 297 g/mol. The third-order valence-corrected chi connectivity index (χ3v) is 4.22. The number of rotatable bonds is 5. The van der Waals surface area contributed by atoms with Crippen LogP contribution in [-0.2, 0) is 4.79 Å². The number of amides is 2. The molecular formula is C11H17F3N2O3S. The second kappa shape index (κ2) is 7.05. The summed E-state index contributed by atoms with van der Waals surface area (Å²) >= 11 is 1.55. The lowest BCUT2D eigenvalue weighted by atomic mass is 10.2. The number of halogens is 3. The molecule has 2 atom stereocenters. The summed E-state index contributed by atoms with van der Waals surface area (Å²) in [6.07, 6.45) is -0.260. The molecule has 2 N–H and O–H groups in total. The number of nitrogens with one attached hydrogen (secondary N) is 1. The van der Waals surface area contributed by atoms with Crippen LogP contribution in [0.1, 0.15) is 19.3 Å². The molecule has 20 heavy (non-hydrogen) atoms. The van der Waals surface area contributed by atoms with Crippen molar-refractivity contribution in [2.24, 2.45) is 0 Å². The van der Waals surface area contributed by atoms with Crippen molar-refractivity contribution in [1.29, 1.82) is 0 Å². The van der Waals surface area contributed by atoms with E-state index in [-0.39, 0.29) is 16.2 Å². The predicted octanol–water partition coefficient (Wildman–Crippen LogP) is 1.93. The zero-order chi connectivity index (χ0) is 15.3. The van der Waals surface area contributed by atoms with Gasteiger partial charge in [0.05, 0.1) is 0 Å². The van der Waals surface area contributed by atoms with Crippen LogP contribution in [0.3, 0.4) is 0 Å². The van der Waals surface area contributed by atoms with Gasteiger partial charge in [-0.25, -0.2) is 4.79 Å². The minimum Gasteiger partial charge on any atom is -0.480 e. The van der Waals surface area contributed by atoms with Gasteiger partial charge in [0.25, 0.3) is 0 Å². The number of nitrogens with zero attached hydrogens (tertiary/aromatic N) is 1. The highest BCUT2D eigenvalue weighted by Gasteiger charge is 2.36. The van der Waals surface area contributed by atoms with Gasteiger partial charge in [0, 0.05) is 11.3 Å². The van der Waals surface area contributed by atoms with Gasteiger partial charge in [-0.05, 0) is 19.1 Å². The number of hydrogen-bond acceptors (Lipinski definition) is 3. The highest BCUT2D eigenvalue weighted by atomic mass is 32.2. The zero-order valence-corrected chi connectivity index (χ0v) is 11.8. The third kappa shape index (κ3) is 5.48. The van der Waals surface area contributed by atoms with Crippen molar-refractivity contribution in [3.05, 3.63) is 0 Å². The smallest absolute Gasteiger partial charge is 0.406 e. The van der Waals surface area contributed by atoms with Crippen molar-refractivity contribution >= 4 is 23.8 Å². The molecule has 0 aliphatic heterocycles. The minimum atomic E-state index is -4.62. The Morgan fingerprint density at radius 1 is 1.40 bits per heavy atom. The number of carbonyl (C=O) groups excluding carboxylic acids is 1. The minimum absolute atomic E-state index is 0.163. The Hall–Kier alpha value is -1.12. The number of urea groups is 1. The Balaban J connectivity index is 2.65. The van der Waals surface area contributed by atoms with Crippen LogP contribution in [0, 0.1) is 0 Å². The Morgan fingerprint density at radius 2 is 2.05 bits per heavy atom. The van der Waals surface area contributed by atoms with Crippen molar-refractivity contribution in [3.63, 3.8) is 0 Å². The first-order valence-corrected chi connectivity index (χ1v) is 7.38. The number of carboxylic acids is 1. The SMILES string of the molecule is CSC1CCCC1NC(=O)N(CC(=O)O)CC(F)(F)F. The van der Waals surface area contributed by atoms with E-state index in [0.717, 1.165) is 12.8 Å². The fourth-order valence-corrected chi connectivity index (χ4v) is 3.14. The van der Waals surface area contributed by atoms with Crippen LogP contribution in [0.15, 0.2) is 0 Å². The first-order valence-electron chi connectivity index (χ1n) is 6.09. The maximum atomic E-state index is 12.4. The summed E-state index contributed by atoms with van der Waals surface area (Å²) in [5.41, 5.74) is 0. The van der Waals surface area contributed by atoms with Crippen LogP contribution < -0.4 is 5.32 Å². The summed E-state index contributed by atoms with van der Waals surface area (Å²) in [5.74, 6) is -1.47. The fraction of sp³-hybridized carbons (Fsp3) is 0.818. The van der Waals surface area contributed by atoms with E-state index in [4.69, 9.17) is 5.11 Å². The Bertz CT molecular complexity index is 365. The maximum Gasteiger partial charge on any atom is 0.406 e. The largest absolute Gasteiger partial charge is 0.480 e. The molecule has 0 bridgehead atoms. The molecule has 1 rings (SSSR count). The molecule has 9 heteroatoms. The fourth-order valence-electron chi connectivity index (χ4n) is 2.20. The first-order chi connectivity index (χ1) is 9.23. The predicted molar refractivity (Wildman–Crippen MR) is 68.7 cm³/mol. The van der Waals surface area contributed by atoms with Crippen molar-refractivity contribution in [1.82, 2.24) is 10.2 Å². The molecule has 0 aromatic rings. The monoisotopic (exact) mass is 314 g/mol. The lowest BCUT2D eigenvalue weighted by Crippen LogP contribution is -2.51. The van der Waals surface area contributed by atoms with E-state index in [0.29, 0.717) is 6.42 Å². The van der Waals surface area contributed by atoms with Gasteiger partial charge >= 0.3 is 18.2 Å². The molecule has 5 nitrogen and oxygen atoms in total. The summed E-state index contributed by atoms with van der Waals surface area (Å²) in [5, 5.41) is 11.3. The van der Waals surface area contributed by atoms with Gasteiger partial charge in [-0.1, -0.05) is 6.42 Å². The van der Waals surface area contributed by atoms with Crippen molar-refractivity contribution < 1.29 is 27.9 Å². The van der Waals surface area contributed by atoms with Crippen LogP contribution in [0.25, 0.3) is 0 Å². The first kappa shape index (κ1) is 16.9.